The fraction of sp³-hybridized carbons (Fsp3) is 0.500. The van der Waals surface area contributed by atoms with Gasteiger partial charge in [-0.15, -0.1) is 0 Å². The number of ether oxygens (including phenoxy) is 1. The Kier molecular flexibility index (Phi) is 5.35. The second-order valence-corrected chi connectivity index (χ2v) is 9.40. The largest absolute Gasteiger partial charge is 0.490 e. The lowest BCUT2D eigenvalue weighted by Crippen LogP contribution is -2.46. The highest BCUT2D eigenvalue weighted by Crippen LogP contribution is 2.33. The highest BCUT2D eigenvalue weighted by atomic mass is 16.5. The SMILES string of the molecule is CC1NC(=O)C=C1N1CCC(N2C(=O)C=C(OC(C)(C)C)C2Cc2ccccc2)C1. The lowest BCUT2D eigenvalue weighted by Gasteiger charge is -2.34. The molecule has 1 N–H and O–H groups in total. The van der Waals surface area contributed by atoms with Gasteiger partial charge in [0.05, 0.1) is 18.1 Å². The molecule has 3 unspecified atom stereocenters. The Hall–Kier alpha value is -2.76. The molecule has 0 spiro atoms. The Bertz CT molecular complexity index is 885. The quantitative estimate of drug-likeness (QED) is 0.812. The van der Waals surface area contributed by atoms with Gasteiger partial charge in [-0.1, -0.05) is 30.3 Å². The van der Waals surface area contributed by atoms with Gasteiger partial charge >= 0.3 is 0 Å². The number of carbonyl (C=O) groups is 2. The van der Waals surface area contributed by atoms with Gasteiger partial charge in [-0.3, -0.25) is 9.59 Å². The third-order valence-corrected chi connectivity index (χ3v) is 5.88. The van der Waals surface area contributed by atoms with Crippen molar-refractivity contribution < 1.29 is 14.3 Å². The number of likely N-dealkylation sites (tertiary alicyclic amines) is 1. The Labute approximate surface area is 178 Å². The normalized spacial score (nSPS) is 26.7. The molecule has 1 saturated heterocycles. The fourth-order valence-electron chi connectivity index (χ4n) is 4.66. The summed E-state index contributed by atoms with van der Waals surface area (Å²) >= 11 is 0. The summed E-state index contributed by atoms with van der Waals surface area (Å²) in [6.45, 7) is 9.60. The molecule has 0 bridgehead atoms. The zero-order valence-corrected chi connectivity index (χ0v) is 18.2. The van der Waals surface area contributed by atoms with Crippen LogP contribution in [0.3, 0.4) is 0 Å². The van der Waals surface area contributed by atoms with Gasteiger partial charge in [0, 0.05) is 37.4 Å². The van der Waals surface area contributed by atoms with Crippen molar-refractivity contribution >= 4 is 11.8 Å². The third kappa shape index (κ3) is 4.23. The van der Waals surface area contributed by atoms with Crippen LogP contribution in [0.2, 0.25) is 0 Å². The molecule has 1 fully saturated rings. The minimum absolute atomic E-state index is 0.0172. The van der Waals surface area contributed by atoms with Crippen molar-refractivity contribution in [2.24, 2.45) is 0 Å². The van der Waals surface area contributed by atoms with Crippen molar-refractivity contribution in [2.75, 3.05) is 13.1 Å². The molecule has 0 saturated carbocycles. The average molecular weight is 410 g/mol. The maximum Gasteiger partial charge on any atom is 0.250 e. The molecule has 0 aliphatic carbocycles. The van der Waals surface area contributed by atoms with Crippen LogP contribution in [-0.4, -0.2) is 58.4 Å². The van der Waals surface area contributed by atoms with Gasteiger partial charge in [-0.2, -0.15) is 0 Å². The molecule has 4 rings (SSSR count). The molecule has 30 heavy (non-hydrogen) atoms. The summed E-state index contributed by atoms with van der Waals surface area (Å²) in [4.78, 5) is 29.1. The number of benzene rings is 1. The summed E-state index contributed by atoms with van der Waals surface area (Å²) in [5.41, 5.74) is 1.84. The van der Waals surface area contributed by atoms with Gasteiger partial charge in [0.2, 0.25) is 5.91 Å². The predicted molar refractivity (Wildman–Crippen MR) is 115 cm³/mol. The topological polar surface area (TPSA) is 61.9 Å². The number of carbonyl (C=O) groups excluding carboxylic acids is 2. The number of hydrogen-bond acceptors (Lipinski definition) is 4. The maximum atomic E-state index is 13.1. The van der Waals surface area contributed by atoms with Crippen LogP contribution in [0.25, 0.3) is 0 Å². The molecule has 3 heterocycles. The van der Waals surface area contributed by atoms with E-state index in [2.05, 4.69) is 22.3 Å². The van der Waals surface area contributed by atoms with Crippen molar-refractivity contribution in [3.8, 4) is 0 Å². The van der Waals surface area contributed by atoms with E-state index < -0.39 is 0 Å². The van der Waals surface area contributed by atoms with E-state index in [0.717, 1.165) is 37.4 Å². The molecule has 1 aromatic rings. The highest BCUT2D eigenvalue weighted by molar-refractivity contribution is 5.92. The number of nitrogens with one attached hydrogen (secondary N) is 1. The summed E-state index contributed by atoms with van der Waals surface area (Å²) in [6, 6.07) is 10.2. The summed E-state index contributed by atoms with van der Waals surface area (Å²) in [5.74, 6) is 0.729. The van der Waals surface area contributed by atoms with Gasteiger partial charge in [0.25, 0.3) is 5.91 Å². The lowest BCUT2D eigenvalue weighted by molar-refractivity contribution is -0.128. The van der Waals surface area contributed by atoms with E-state index in [1.165, 1.54) is 5.56 Å². The van der Waals surface area contributed by atoms with Crippen LogP contribution >= 0.6 is 0 Å². The standard InChI is InChI=1S/C24H31N3O3/c1-16-19(13-22(28)25-16)26-11-10-18(15-26)27-20(12-17-8-6-5-7-9-17)21(14-23(27)29)30-24(2,3)4/h5-9,13-14,16,18,20H,10-12,15H2,1-4H3,(H,25,28). The molecule has 0 radical (unpaired) electrons. The second-order valence-electron chi connectivity index (χ2n) is 9.40. The number of amides is 2. The first-order chi connectivity index (χ1) is 14.2. The van der Waals surface area contributed by atoms with Crippen LogP contribution in [0.15, 0.2) is 53.9 Å². The van der Waals surface area contributed by atoms with Crippen molar-refractivity contribution in [3.63, 3.8) is 0 Å². The fourth-order valence-corrected chi connectivity index (χ4v) is 4.66. The smallest absolute Gasteiger partial charge is 0.250 e. The summed E-state index contributed by atoms with van der Waals surface area (Å²) in [6.07, 6.45) is 4.97. The monoisotopic (exact) mass is 409 g/mol. The first-order valence-electron chi connectivity index (χ1n) is 10.7. The van der Waals surface area contributed by atoms with Crippen LogP contribution in [0.1, 0.15) is 39.7 Å². The van der Waals surface area contributed by atoms with Crippen molar-refractivity contribution in [2.45, 2.75) is 64.3 Å². The Balaban J connectivity index is 1.55. The van der Waals surface area contributed by atoms with E-state index in [-0.39, 0.29) is 35.5 Å². The molecule has 3 atom stereocenters. The molecule has 6 nitrogen and oxygen atoms in total. The van der Waals surface area contributed by atoms with Gasteiger partial charge in [0.1, 0.15) is 11.4 Å². The zero-order chi connectivity index (χ0) is 21.5. The molecule has 6 heteroatoms. The van der Waals surface area contributed by atoms with Gasteiger partial charge in [-0.05, 0) is 39.7 Å². The molecule has 2 amide bonds. The predicted octanol–water partition coefficient (Wildman–Crippen LogP) is 2.62. The maximum absolute atomic E-state index is 13.1. The van der Waals surface area contributed by atoms with Crippen LogP contribution in [0, 0.1) is 0 Å². The number of hydrogen-bond donors (Lipinski definition) is 1. The minimum Gasteiger partial charge on any atom is -0.490 e. The number of nitrogens with zero attached hydrogens (tertiary/aromatic N) is 2. The lowest BCUT2D eigenvalue weighted by atomic mass is 10.0. The first kappa shape index (κ1) is 20.5. The van der Waals surface area contributed by atoms with E-state index in [9.17, 15) is 9.59 Å². The average Bonchev–Trinajstić information content (AvgIpc) is 3.33. The van der Waals surface area contributed by atoms with Crippen molar-refractivity contribution in [3.05, 3.63) is 59.5 Å². The Morgan fingerprint density at radius 2 is 1.87 bits per heavy atom. The van der Waals surface area contributed by atoms with E-state index in [0.29, 0.717) is 0 Å². The molecule has 160 valence electrons. The minimum atomic E-state index is -0.366. The van der Waals surface area contributed by atoms with E-state index in [1.807, 2.05) is 50.8 Å². The van der Waals surface area contributed by atoms with Gasteiger partial charge in [-0.25, -0.2) is 0 Å². The van der Waals surface area contributed by atoms with Crippen LogP contribution in [0.5, 0.6) is 0 Å². The van der Waals surface area contributed by atoms with Crippen LogP contribution in [-0.2, 0) is 20.7 Å². The highest BCUT2D eigenvalue weighted by Gasteiger charge is 2.43. The molecular formula is C24H31N3O3. The summed E-state index contributed by atoms with van der Waals surface area (Å²) in [7, 11) is 0. The Morgan fingerprint density at radius 1 is 1.13 bits per heavy atom. The van der Waals surface area contributed by atoms with Crippen LogP contribution < -0.4 is 5.32 Å². The Morgan fingerprint density at radius 3 is 2.50 bits per heavy atom. The summed E-state index contributed by atoms with van der Waals surface area (Å²) < 4.78 is 6.22. The van der Waals surface area contributed by atoms with Crippen LogP contribution in [0.4, 0.5) is 0 Å². The molecule has 0 aromatic heterocycles. The molecular weight excluding hydrogens is 378 g/mol. The molecule has 1 aromatic carbocycles. The van der Waals surface area contributed by atoms with Crippen molar-refractivity contribution in [1.82, 2.24) is 15.1 Å². The number of rotatable bonds is 5. The first-order valence-corrected chi connectivity index (χ1v) is 10.7. The van der Waals surface area contributed by atoms with E-state index in [1.54, 1.807) is 12.2 Å². The summed E-state index contributed by atoms with van der Waals surface area (Å²) in [5, 5.41) is 2.93. The van der Waals surface area contributed by atoms with Crippen molar-refractivity contribution in [1.29, 1.82) is 0 Å². The molecule has 3 aliphatic rings. The zero-order valence-electron chi connectivity index (χ0n) is 18.2. The van der Waals surface area contributed by atoms with E-state index >= 15 is 0 Å². The van der Waals surface area contributed by atoms with Gasteiger partial charge in [0.15, 0.2) is 0 Å². The molecule has 3 aliphatic heterocycles. The second kappa shape index (κ2) is 7.82. The van der Waals surface area contributed by atoms with Gasteiger partial charge < -0.3 is 19.9 Å². The third-order valence-electron chi connectivity index (χ3n) is 5.88. The van der Waals surface area contributed by atoms with E-state index in [4.69, 9.17) is 4.74 Å².